The average Bonchev–Trinajstić information content (AvgIpc) is 2.42. The SMILES string of the molecule is CCS(=O)(=O)CCNc1cnn(CCN(C)C)c(=O)c1Br. The predicted octanol–water partition coefficient (Wildman–Crippen LogP) is 0.414. The highest BCUT2D eigenvalue weighted by Crippen LogP contribution is 2.15. The van der Waals surface area contributed by atoms with E-state index in [9.17, 15) is 13.2 Å². The number of hydrogen-bond acceptors (Lipinski definition) is 6. The fraction of sp³-hybridized carbons (Fsp3) is 0.667. The van der Waals surface area contributed by atoms with Crippen LogP contribution in [0.25, 0.3) is 0 Å². The Kier molecular flexibility index (Phi) is 6.82. The summed E-state index contributed by atoms with van der Waals surface area (Å²) in [5.74, 6) is 0.139. The third kappa shape index (κ3) is 5.76. The fourth-order valence-electron chi connectivity index (χ4n) is 1.53. The zero-order valence-electron chi connectivity index (χ0n) is 12.5. The number of anilines is 1. The zero-order valence-corrected chi connectivity index (χ0v) is 14.9. The van der Waals surface area contributed by atoms with Crippen molar-refractivity contribution in [2.75, 3.05) is 44.0 Å². The lowest BCUT2D eigenvalue weighted by atomic mass is 10.4. The summed E-state index contributed by atoms with van der Waals surface area (Å²) in [5.41, 5.74) is 0.271. The minimum absolute atomic E-state index is 0.0274. The van der Waals surface area contributed by atoms with Crippen molar-refractivity contribution in [3.8, 4) is 0 Å². The first kappa shape index (κ1) is 18.1. The van der Waals surface area contributed by atoms with E-state index in [0.717, 1.165) is 0 Å². The van der Waals surface area contributed by atoms with Gasteiger partial charge in [0.15, 0.2) is 9.84 Å². The molecule has 1 aromatic rings. The molecule has 9 heteroatoms. The molecule has 0 amide bonds. The van der Waals surface area contributed by atoms with E-state index >= 15 is 0 Å². The number of sulfone groups is 1. The molecular formula is C12H21BrN4O3S. The van der Waals surface area contributed by atoms with Crippen LogP contribution in [-0.2, 0) is 16.4 Å². The van der Waals surface area contributed by atoms with Gasteiger partial charge in [-0.25, -0.2) is 13.1 Å². The number of nitrogens with zero attached hydrogens (tertiary/aromatic N) is 3. The average molecular weight is 381 g/mol. The van der Waals surface area contributed by atoms with Crippen LogP contribution >= 0.6 is 15.9 Å². The van der Waals surface area contributed by atoms with Crippen LogP contribution in [0.5, 0.6) is 0 Å². The Morgan fingerprint density at radius 1 is 1.43 bits per heavy atom. The molecule has 0 aliphatic rings. The van der Waals surface area contributed by atoms with E-state index in [4.69, 9.17) is 0 Å². The molecule has 0 bridgehead atoms. The first-order valence-corrected chi connectivity index (χ1v) is 9.23. The van der Waals surface area contributed by atoms with E-state index in [2.05, 4.69) is 26.3 Å². The summed E-state index contributed by atoms with van der Waals surface area (Å²) < 4.78 is 24.6. The minimum Gasteiger partial charge on any atom is -0.382 e. The van der Waals surface area contributed by atoms with Crippen LogP contribution in [0, 0.1) is 0 Å². The highest BCUT2D eigenvalue weighted by Gasteiger charge is 2.11. The fourth-order valence-corrected chi connectivity index (χ4v) is 2.68. The van der Waals surface area contributed by atoms with Crippen LogP contribution in [0.2, 0.25) is 0 Å². The molecule has 0 saturated heterocycles. The molecule has 0 atom stereocenters. The van der Waals surface area contributed by atoms with E-state index in [0.29, 0.717) is 23.2 Å². The van der Waals surface area contributed by atoms with Gasteiger partial charge in [0.1, 0.15) is 4.47 Å². The van der Waals surface area contributed by atoms with Gasteiger partial charge in [-0.3, -0.25) is 4.79 Å². The summed E-state index contributed by atoms with van der Waals surface area (Å²) in [6, 6.07) is 0. The molecule has 1 aromatic heterocycles. The number of nitrogens with one attached hydrogen (secondary N) is 1. The van der Waals surface area contributed by atoms with Crippen LogP contribution in [0.1, 0.15) is 6.92 Å². The van der Waals surface area contributed by atoms with Gasteiger partial charge < -0.3 is 10.2 Å². The van der Waals surface area contributed by atoms with Gasteiger partial charge in [0.05, 0.1) is 24.2 Å². The third-order valence-electron chi connectivity index (χ3n) is 2.91. The Labute approximate surface area is 133 Å². The molecule has 0 spiro atoms. The molecule has 1 rings (SSSR count). The summed E-state index contributed by atoms with van der Waals surface area (Å²) in [4.78, 5) is 14.1. The molecule has 0 saturated carbocycles. The standard InChI is InChI=1S/C12H21BrN4O3S/c1-4-21(19,20)8-5-14-10-9-15-17(7-6-16(2)3)12(18)11(10)13/h9,14H,4-8H2,1-3H3. The summed E-state index contributed by atoms with van der Waals surface area (Å²) in [5, 5.41) is 7.01. The quantitative estimate of drug-likeness (QED) is 0.703. The number of halogens is 1. The van der Waals surface area contributed by atoms with Gasteiger partial charge in [0.25, 0.3) is 5.56 Å². The Bertz CT molecular complexity index is 628. The van der Waals surface area contributed by atoms with Gasteiger partial charge in [0, 0.05) is 18.8 Å². The minimum atomic E-state index is -3.03. The second-order valence-corrected chi connectivity index (χ2v) is 8.13. The molecular weight excluding hydrogens is 360 g/mol. The van der Waals surface area contributed by atoms with Crippen LogP contribution in [0.15, 0.2) is 15.5 Å². The van der Waals surface area contributed by atoms with Gasteiger partial charge >= 0.3 is 0 Å². The van der Waals surface area contributed by atoms with E-state index in [1.807, 2.05) is 19.0 Å². The second kappa shape index (κ2) is 7.90. The first-order chi connectivity index (χ1) is 9.76. The van der Waals surface area contributed by atoms with Crippen molar-refractivity contribution in [1.82, 2.24) is 14.7 Å². The molecule has 1 N–H and O–H groups in total. The van der Waals surface area contributed by atoms with Crippen LogP contribution in [0.3, 0.4) is 0 Å². The van der Waals surface area contributed by atoms with E-state index in [1.54, 1.807) is 6.92 Å². The molecule has 0 aliphatic heterocycles. The number of hydrogen-bond donors (Lipinski definition) is 1. The maximum Gasteiger partial charge on any atom is 0.283 e. The van der Waals surface area contributed by atoms with Crippen molar-refractivity contribution < 1.29 is 8.42 Å². The Morgan fingerprint density at radius 3 is 2.67 bits per heavy atom. The topological polar surface area (TPSA) is 84.3 Å². The summed E-state index contributed by atoms with van der Waals surface area (Å²) >= 11 is 3.24. The number of likely N-dealkylation sites (N-methyl/N-ethyl adjacent to an activating group) is 1. The Hall–Kier alpha value is -0.930. The van der Waals surface area contributed by atoms with Crippen molar-refractivity contribution in [2.45, 2.75) is 13.5 Å². The second-order valence-electron chi connectivity index (χ2n) is 4.87. The summed E-state index contributed by atoms with van der Waals surface area (Å²) in [7, 11) is 0.816. The molecule has 0 fully saturated rings. The monoisotopic (exact) mass is 380 g/mol. The highest BCUT2D eigenvalue weighted by molar-refractivity contribution is 9.10. The molecule has 0 aliphatic carbocycles. The van der Waals surface area contributed by atoms with Gasteiger partial charge in [0.2, 0.25) is 0 Å². The molecule has 0 unspecified atom stereocenters. The predicted molar refractivity (Wildman–Crippen MR) is 87.6 cm³/mol. The molecule has 120 valence electrons. The van der Waals surface area contributed by atoms with Gasteiger partial charge in [-0.15, -0.1) is 0 Å². The number of rotatable bonds is 8. The molecule has 0 radical (unpaired) electrons. The van der Waals surface area contributed by atoms with E-state index in [1.165, 1.54) is 10.9 Å². The molecule has 7 nitrogen and oxygen atoms in total. The Balaban J connectivity index is 2.74. The van der Waals surface area contributed by atoms with Crippen molar-refractivity contribution in [2.24, 2.45) is 0 Å². The van der Waals surface area contributed by atoms with Gasteiger partial charge in [-0.05, 0) is 30.0 Å². The lowest BCUT2D eigenvalue weighted by Crippen LogP contribution is -2.29. The largest absolute Gasteiger partial charge is 0.382 e. The lowest BCUT2D eigenvalue weighted by molar-refractivity contribution is 0.367. The van der Waals surface area contributed by atoms with E-state index in [-0.39, 0.29) is 23.6 Å². The smallest absolute Gasteiger partial charge is 0.283 e. The maximum atomic E-state index is 12.1. The number of aromatic nitrogens is 2. The van der Waals surface area contributed by atoms with Crippen LogP contribution < -0.4 is 10.9 Å². The lowest BCUT2D eigenvalue weighted by Gasteiger charge is -2.12. The van der Waals surface area contributed by atoms with Crippen LogP contribution in [0.4, 0.5) is 5.69 Å². The molecule has 21 heavy (non-hydrogen) atoms. The normalized spacial score (nSPS) is 11.9. The maximum absolute atomic E-state index is 12.1. The summed E-state index contributed by atoms with van der Waals surface area (Å²) in [6.07, 6.45) is 1.53. The molecule has 1 heterocycles. The zero-order chi connectivity index (χ0) is 16.0. The van der Waals surface area contributed by atoms with Crippen molar-refractivity contribution in [1.29, 1.82) is 0 Å². The Morgan fingerprint density at radius 2 is 2.10 bits per heavy atom. The van der Waals surface area contributed by atoms with E-state index < -0.39 is 9.84 Å². The van der Waals surface area contributed by atoms with Gasteiger partial charge in [-0.1, -0.05) is 6.92 Å². The van der Waals surface area contributed by atoms with Gasteiger partial charge in [-0.2, -0.15) is 5.10 Å². The van der Waals surface area contributed by atoms with Crippen molar-refractivity contribution in [3.05, 3.63) is 21.0 Å². The first-order valence-electron chi connectivity index (χ1n) is 6.61. The third-order valence-corrected chi connectivity index (χ3v) is 5.38. The van der Waals surface area contributed by atoms with Crippen molar-refractivity contribution >= 4 is 31.5 Å². The van der Waals surface area contributed by atoms with Crippen molar-refractivity contribution in [3.63, 3.8) is 0 Å². The molecule has 0 aromatic carbocycles. The van der Waals surface area contributed by atoms with Crippen LogP contribution in [-0.4, -0.2) is 61.8 Å². The summed E-state index contributed by atoms with van der Waals surface area (Å²) in [6.45, 7) is 3.06. The highest BCUT2D eigenvalue weighted by atomic mass is 79.9.